The number of benzene rings is 2. The van der Waals surface area contributed by atoms with Crippen LogP contribution >= 0.6 is 0 Å². The van der Waals surface area contributed by atoms with Gasteiger partial charge in [0.2, 0.25) is 15.9 Å². The minimum absolute atomic E-state index is 0.580. The molecular weight excluding hydrogens is 362 g/mol. The van der Waals surface area contributed by atoms with Gasteiger partial charge in [0.15, 0.2) is 4.90 Å². The van der Waals surface area contributed by atoms with Gasteiger partial charge in [-0.15, -0.1) is 0 Å². The monoisotopic (exact) mass is 382 g/mol. The number of hydrogen-bond donors (Lipinski definition) is 1. The van der Waals surface area contributed by atoms with Crippen LogP contribution in [0.3, 0.4) is 0 Å². The fraction of sp³-hybridized carbons (Fsp3) is 0.278. The largest absolute Gasteiger partial charge is 0.324 e. The molecule has 0 spiro atoms. The van der Waals surface area contributed by atoms with E-state index in [0.717, 1.165) is 41.9 Å². The van der Waals surface area contributed by atoms with Crippen molar-refractivity contribution in [3.8, 4) is 0 Å². The summed E-state index contributed by atoms with van der Waals surface area (Å²) >= 11 is 0. The molecule has 5 nitrogen and oxygen atoms in total. The fourth-order valence-electron chi connectivity index (χ4n) is 2.73. The number of hydrogen-bond acceptors (Lipinski definition) is 3. The zero-order valence-corrected chi connectivity index (χ0v) is 15.7. The maximum Gasteiger partial charge on any atom is 0.249 e. The van der Waals surface area contributed by atoms with Crippen LogP contribution < -0.4 is 5.32 Å². The Bertz CT molecular complexity index is 916. The van der Waals surface area contributed by atoms with Crippen LogP contribution in [0.4, 0.5) is 14.5 Å². The summed E-state index contributed by atoms with van der Waals surface area (Å²) in [4.78, 5) is 11.2. The van der Waals surface area contributed by atoms with Crippen LogP contribution in [-0.4, -0.2) is 32.2 Å². The summed E-state index contributed by atoms with van der Waals surface area (Å²) in [5.41, 5.74) is 3.29. The molecule has 0 aliphatic carbocycles. The van der Waals surface area contributed by atoms with Crippen molar-refractivity contribution in [3.05, 3.63) is 58.7 Å². The van der Waals surface area contributed by atoms with E-state index in [1.54, 1.807) is 0 Å². The predicted molar refractivity (Wildman–Crippen MR) is 95.5 cm³/mol. The fourth-order valence-corrected chi connectivity index (χ4v) is 3.96. The first-order valence-corrected chi connectivity index (χ1v) is 9.26. The van der Waals surface area contributed by atoms with E-state index >= 15 is 0 Å². The third-order valence-corrected chi connectivity index (χ3v) is 5.75. The van der Waals surface area contributed by atoms with Crippen molar-refractivity contribution in [2.75, 3.05) is 18.9 Å². The number of nitrogens with one attached hydrogen (secondary N) is 1. The second-order valence-electron chi connectivity index (χ2n) is 6.13. The summed E-state index contributed by atoms with van der Waals surface area (Å²) in [5.74, 6) is -3.02. The molecule has 0 saturated heterocycles. The summed E-state index contributed by atoms with van der Waals surface area (Å²) in [5, 5.41) is 2.66. The summed E-state index contributed by atoms with van der Waals surface area (Å²) in [6.07, 6.45) is 0. The lowest BCUT2D eigenvalue weighted by molar-refractivity contribution is -0.116. The zero-order valence-electron chi connectivity index (χ0n) is 14.9. The van der Waals surface area contributed by atoms with Gasteiger partial charge >= 0.3 is 0 Å². The van der Waals surface area contributed by atoms with Crippen LogP contribution in [0.25, 0.3) is 0 Å². The van der Waals surface area contributed by atoms with Gasteiger partial charge in [0.1, 0.15) is 11.6 Å². The SMILES string of the molecule is Cc1cc(C)c(NC(=O)CN(C)S(=O)(=O)c2c(F)cccc2F)c(C)c1. The number of rotatable bonds is 5. The molecule has 0 heterocycles. The molecule has 2 rings (SSSR count). The van der Waals surface area contributed by atoms with Crippen LogP contribution in [-0.2, 0) is 14.8 Å². The van der Waals surface area contributed by atoms with Gasteiger partial charge in [-0.3, -0.25) is 4.79 Å². The van der Waals surface area contributed by atoms with Crippen LogP contribution in [0.1, 0.15) is 16.7 Å². The minimum atomic E-state index is -4.49. The Morgan fingerprint density at radius 2 is 1.58 bits per heavy atom. The van der Waals surface area contributed by atoms with E-state index in [1.165, 1.54) is 0 Å². The molecule has 2 aromatic carbocycles. The molecule has 0 saturated carbocycles. The van der Waals surface area contributed by atoms with Gasteiger partial charge in [0.05, 0.1) is 6.54 Å². The number of nitrogens with zero attached hydrogens (tertiary/aromatic N) is 1. The average Bonchev–Trinajstić information content (AvgIpc) is 2.50. The number of sulfonamides is 1. The van der Waals surface area contributed by atoms with Gasteiger partial charge in [0, 0.05) is 12.7 Å². The lowest BCUT2D eigenvalue weighted by Crippen LogP contribution is -2.36. The quantitative estimate of drug-likeness (QED) is 0.864. The Kier molecular flexibility index (Phi) is 5.77. The van der Waals surface area contributed by atoms with Gasteiger partial charge in [0.25, 0.3) is 0 Å². The van der Waals surface area contributed by atoms with Crippen molar-refractivity contribution in [1.82, 2.24) is 4.31 Å². The number of anilines is 1. The highest BCUT2D eigenvalue weighted by atomic mass is 32.2. The zero-order chi connectivity index (χ0) is 19.6. The van der Waals surface area contributed by atoms with Crippen molar-refractivity contribution in [1.29, 1.82) is 0 Å². The van der Waals surface area contributed by atoms with Gasteiger partial charge < -0.3 is 5.32 Å². The van der Waals surface area contributed by atoms with Gasteiger partial charge in [-0.05, 0) is 44.0 Å². The van der Waals surface area contributed by atoms with E-state index in [4.69, 9.17) is 0 Å². The standard InChI is InChI=1S/C18H20F2N2O3S/c1-11-8-12(2)17(13(3)9-11)21-16(23)10-22(4)26(24,25)18-14(19)6-5-7-15(18)20/h5-9H,10H2,1-4H3,(H,21,23). The Morgan fingerprint density at radius 3 is 2.08 bits per heavy atom. The summed E-state index contributed by atoms with van der Waals surface area (Å²) in [7, 11) is -3.40. The summed E-state index contributed by atoms with van der Waals surface area (Å²) in [6.45, 7) is 4.99. The van der Waals surface area contributed by atoms with Crippen LogP contribution in [0, 0.1) is 32.4 Å². The molecule has 0 atom stereocenters. The first kappa shape index (κ1) is 20.0. The van der Waals surface area contributed by atoms with E-state index in [2.05, 4.69) is 5.32 Å². The van der Waals surface area contributed by atoms with Crippen molar-refractivity contribution >= 4 is 21.6 Å². The van der Waals surface area contributed by atoms with E-state index in [1.807, 2.05) is 32.9 Å². The van der Waals surface area contributed by atoms with Gasteiger partial charge in [-0.2, -0.15) is 4.31 Å². The third-order valence-electron chi connectivity index (χ3n) is 3.89. The number of likely N-dealkylation sites (N-methyl/N-ethyl adjacent to an activating group) is 1. The van der Waals surface area contributed by atoms with Gasteiger partial charge in [-0.1, -0.05) is 23.8 Å². The first-order chi connectivity index (χ1) is 12.0. The third kappa shape index (κ3) is 4.08. The molecule has 0 radical (unpaired) electrons. The number of carbonyl (C=O) groups excluding carboxylic acids is 1. The van der Waals surface area contributed by atoms with E-state index < -0.39 is 39.0 Å². The van der Waals surface area contributed by atoms with Crippen molar-refractivity contribution in [2.24, 2.45) is 0 Å². The Hall–Kier alpha value is -2.32. The van der Waals surface area contributed by atoms with Crippen molar-refractivity contribution < 1.29 is 22.0 Å². The second-order valence-corrected chi connectivity index (χ2v) is 8.12. The highest BCUT2D eigenvalue weighted by Gasteiger charge is 2.29. The van der Waals surface area contributed by atoms with E-state index in [9.17, 15) is 22.0 Å². The van der Waals surface area contributed by atoms with Crippen LogP contribution in [0.5, 0.6) is 0 Å². The normalized spacial score (nSPS) is 11.7. The lowest BCUT2D eigenvalue weighted by atomic mass is 10.1. The van der Waals surface area contributed by atoms with Crippen LogP contribution in [0.15, 0.2) is 35.2 Å². The average molecular weight is 382 g/mol. The van der Waals surface area contributed by atoms with E-state index in [0.29, 0.717) is 9.99 Å². The lowest BCUT2D eigenvalue weighted by Gasteiger charge is -2.19. The van der Waals surface area contributed by atoms with E-state index in [-0.39, 0.29) is 0 Å². The Labute approximate surface area is 151 Å². The highest BCUT2D eigenvalue weighted by molar-refractivity contribution is 7.89. The summed E-state index contributed by atoms with van der Waals surface area (Å²) in [6, 6.07) is 6.54. The molecule has 2 aromatic rings. The smallest absolute Gasteiger partial charge is 0.249 e. The molecule has 0 aliphatic heterocycles. The first-order valence-electron chi connectivity index (χ1n) is 7.82. The molecule has 140 valence electrons. The molecule has 0 bridgehead atoms. The second kappa shape index (κ2) is 7.51. The number of halogens is 2. The summed E-state index contributed by atoms with van der Waals surface area (Å²) < 4.78 is 53.0. The maximum atomic E-state index is 13.8. The molecule has 0 aromatic heterocycles. The maximum absolute atomic E-state index is 13.8. The Morgan fingerprint density at radius 1 is 1.08 bits per heavy atom. The minimum Gasteiger partial charge on any atom is -0.324 e. The van der Waals surface area contributed by atoms with Crippen LogP contribution in [0.2, 0.25) is 0 Å². The highest BCUT2D eigenvalue weighted by Crippen LogP contribution is 2.23. The number of aryl methyl sites for hydroxylation is 3. The predicted octanol–water partition coefficient (Wildman–Crippen LogP) is 3.15. The number of carbonyl (C=O) groups is 1. The molecule has 0 fully saturated rings. The van der Waals surface area contributed by atoms with Crippen molar-refractivity contribution in [3.63, 3.8) is 0 Å². The number of amides is 1. The molecule has 8 heteroatoms. The molecule has 1 N–H and O–H groups in total. The van der Waals surface area contributed by atoms with Crippen molar-refractivity contribution in [2.45, 2.75) is 25.7 Å². The Balaban J connectivity index is 2.22. The molecule has 0 unspecified atom stereocenters. The topological polar surface area (TPSA) is 66.5 Å². The van der Waals surface area contributed by atoms with Gasteiger partial charge in [-0.25, -0.2) is 17.2 Å². The molecule has 0 aliphatic rings. The molecule has 26 heavy (non-hydrogen) atoms. The molecule has 1 amide bonds. The molecular formula is C18H20F2N2O3S.